The standard InChI is InChI=1S/C7H9F2N3.ClH/c1-7(8,9)6-5(2-10)3-11-4-12-6;/h3-4H,2,10H2,1H3;1H. The highest BCUT2D eigenvalue weighted by molar-refractivity contribution is 5.85. The minimum absolute atomic E-state index is 0. The van der Waals surface area contributed by atoms with Crippen molar-refractivity contribution in [2.45, 2.75) is 19.4 Å². The van der Waals surface area contributed by atoms with Gasteiger partial charge in [0, 0.05) is 25.2 Å². The predicted octanol–water partition coefficient (Wildman–Crippen LogP) is 1.47. The zero-order valence-electron chi connectivity index (χ0n) is 7.00. The van der Waals surface area contributed by atoms with Crippen LogP contribution in [0.25, 0.3) is 0 Å². The number of alkyl halides is 2. The molecule has 0 spiro atoms. The summed E-state index contributed by atoms with van der Waals surface area (Å²) < 4.78 is 25.5. The first-order chi connectivity index (χ1) is 5.55. The summed E-state index contributed by atoms with van der Waals surface area (Å²) in [6.45, 7) is 0.814. The molecule has 0 amide bonds. The van der Waals surface area contributed by atoms with Crippen LogP contribution in [0.15, 0.2) is 12.5 Å². The molecule has 0 fully saturated rings. The lowest BCUT2D eigenvalue weighted by Crippen LogP contribution is -2.15. The van der Waals surface area contributed by atoms with Gasteiger partial charge >= 0.3 is 0 Å². The van der Waals surface area contributed by atoms with Crippen LogP contribution < -0.4 is 5.73 Å². The van der Waals surface area contributed by atoms with Crippen LogP contribution in [0.1, 0.15) is 18.2 Å². The van der Waals surface area contributed by atoms with Crippen LogP contribution in [0.3, 0.4) is 0 Å². The number of hydrogen-bond acceptors (Lipinski definition) is 3. The van der Waals surface area contributed by atoms with Gasteiger partial charge in [-0.3, -0.25) is 0 Å². The molecular formula is C7H10ClF2N3. The Hall–Kier alpha value is -0.810. The number of nitrogens with zero attached hydrogens (tertiary/aromatic N) is 2. The van der Waals surface area contributed by atoms with Crippen molar-refractivity contribution in [3.8, 4) is 0 Å². The molecule has 1 aromatic rings. The largest absolute Gasteiger partial charge is 0.326 e. The molecular weight excluding hydrogens is 200 g/mol. The van der Waals surface area contributed by atoms with Crippen molar-refractivity contribution in [2.24, 2.45) is 5.73 Å². The van der Waals surface area contributed by atoms with Crippen molar-refractivity contribution in [1.29, 1.82) is 0 Å². The third-order valence-corrected chi connectivity index (χ3v) is 1.42. The predicted molar refractivity (Wildman–Crippen MR) is 46.7 cm³/mol. The molecule has 0 unspecified atom stereocenters. The lowest BCUT2D eigenvalue weighted by molar-refractivity contribution is 0.0116. The van der Waals surface area contributed by atoms with Crippen LogP contribution in [0.4, 0.5) is 8.78 Å². The van der Waals surface area contributed by atoms with Gasteiger partial charge in [-0.05, 0) is 0 Å². The highest BCUT2D eigenvalue weighted by Gasteiger charge is 2.28. The third-order valence-electron chi connectivity index (χ3n) is 1.42. The molecule has 0 bridgehead atoms. The first-order valence-corrected chi connectivity index (χ1v) is 3.43. The quantitative estimate of drug-likeness (QED) is 0.803. The number of rotatable bonds is 2. The topological polar surface area (TPSA) is 51.8 Å². The van der Waals surface area contributed by atoms with E-state index in [0.717, 1.165) is 13.3 Å². The van der Waals surface area contributed by atoms with E-state index in [1.54, 1.807) is 0 Å². The van der Waals surface area contributed by atoms with Crippen LogP contribution in [-0.2, 0) is 12.5 Å². The number of nitrogens with two attached hydrogens (primary N) is 1. The van der Waals surface area contributed by atoms with E-state index in [1.807, 2.05) is 0 Å². The van der Waals surface area contributed by atoms with Gasteiger partial charge in [0.2, 0.25) is 0 Å². The maximum Gasteiger partial charge on any atom is 0.287 e. The van der Waals surface area contributed by atoms with Crippen molar-refractivity contribution < 1.29 is 8.78 Å². The van der Waals surface area contributed by atoms with Gasteiger partial charge in [-0.1, -0.05) is 0 Å². The Morgan fingerprint density at radius 1 is 1.54 bits per heavy atom. The fourth-order valence-electron chi connectivity index (χ4n) is 0.903. The maximum absolute atomic E-state index is 12.8. The molecule has 74 valence electrons. The highest BCUT2D eigenvalue weighted by Crippen LogP contribution is 2.26. The Labute approximate surface area is 80.8 Å². The average Bonchev–Trinajstić information content (AvgIpc) is 2.03. The zero-order chi connectivity index (χ0) is 9.19. The van der Waals surface area contributed by atoms with Crippen LogP contribution in [0.5, 0.6) is 0 Å². The smallest absolute Gasteiger partial charge is 0.287 e. The molecule has 1 rings (SSSR count). The summed E-state index contributed by atoms with van der Waals surface area (Å²) in [7, 11) is 0. The summed E-state index contributed by atoms with van der Waals surface area (Å²) in [4.78, 5) is 7.08. The molecule has 0 aliphatic rings. The van der Waals surface area contributed by atoms with E-state index < -0.39 is 5.92 Å². The summed E-state index contributed by atoms with van der Waals surface area (Å²) >= 11 is 0. The van der Waals surface area contributed by atoms with E-state index in [4.69, 9.17) is 5.73 Å². The Kier molecular flexibility index (Phi) is 4.16. The average molecular weight is 210 g/mol. The van der Waals surface area contributed by atoms with Crippen molar-refractivity contribution in [2.75, 3.05) is 0 Å². The minimum atomic E-state index is -2.95. The lowest BCUT2D eigenvalue weighted by Gasteiger charge is -2.11. The minimum Gasteiger partial charge on any atom is -0.326 e. The van der Waals surface area contributed by atoms with Crippen molar-refractivity contribution in [3.63, 3.8) is 0 Å². The Bertz CT molecular complexity index is 275. The van der Waals surface area contributed by atoms with E-state index >= 15 is 0 Å². The maximum atomic E-state index is 12.8. The third kappa shape index (κ3) is 2.86. The van der Waals surface area contributed by atoms with Gasteiger partial charge < -0.3 is 5.73 Å². The summed E-state index contributed by atoms with van der Waals surface area (Å²) in [5.74, 6) is -2.95. The van der Waals surface area contributed by atoms with Gasteiger partial charge in [0.15, 0.2) is 0 Å². The number of aromatic nitrogens is 2. The Balaban J connectivity index is 0.00000144. The molecule has 6 heteroatoms. The van der Waals surface area contributed by atoms with Gasteiger partial charge in [-0.2, -0.15) is 8.78 Å². The van der Waals surface area contributed by atoms with Gasteiger partial charge in [0.25, 0.3) is 5.92 Å². The van der Waals surface area contributed by atoms with Crippen LogP contribution in [0.2, 0.25) is 0 Å². The second kappa shape index (κ2) is 4.43. The van der Waals surface area contributed by atoms with Crippen LogP contribution >= 0.6 is 12.4 Å². The van der Waals surface area contributed by atoms with Crippen LogP contribution in [0, 0.1) is 0 Å². The molecule has 0 aliphatic carbocycles. The summed E-state index contributed by atoms with van der Waals surface area (Å²) in [5, 5.41) is 0. The monoisotopic (exact) mass is 209 g/mol. The van der Waals surface area contributed by atoms with Crippen molar-refractivity contribution in [1.82, 2.24) is 9.97 Å². The van der Waals surface area contributed by atoms with Gasteiger partial charge in [-0.25, -0.2) is 9.97 Å². The zero-order valence-corrected chi connectivity index (χ0v) is 7.81. The van der Waals surface area contributed by atoms with Crippen molar-refractivity contribution >= 4 is 12.4 Å². The van der Waals surface area contributed by atoms with E-state index in [-0.39, 0.29) is 30.2 Å². The molecule has 13 heavy (non-hydrogen) atoms. The van der Waals surface area contributed by atoms with E-state index in [0.29, 0.717) is 0 Å². The normalized spacial score (nSPS) is 10.8. The first-order valence-electron chi connectivity index (χ1n) is 3.43. The molecule has 0 atom stereocenters. The second-order valence-electron chi connectivity index (χ2n) is 2.49. The van der Waals surface area contributed by atoms with Crippen LogP contribution in [-0.4, -0.2) is 9.97 Å². The molecule has 1 heterocycles. The van der Waals surface area contributed by atoms with Gasteiger partial charge in [0.1, 0.15) is 12.0 Å². The van der Waals surface area contributed by atoms with Gasteiger partial charge in [-0.15, -0.1) is 12.4 Å². The van der Waals surface area contributed by atoms with E-state index in [2.05, 4.69) is 9.97 Å². The molecule has 0 aromatic carbocycles. The summed E-state index contributed by atoms with van der Waals surface area (Å²) in [5.41, 5.74) is 5.22. The SMILES string of the molecule is CC(F)(F)c1ncncc1CN.Cl. The number of hydrogen-bond donors (Lipinski definition) is 1. The summed E-state index contributed by atoms with van der Waals surface area (Å²) in [6, 6.07) is 0. The molecule has 3 nitrogen and oxygen atoms in total. The first kappa shape index (κ1) is 12.2. The summed E-state index contributed by atoms with van der Waals surface area (Å²) in [6.07, 6.45) is 2.39. The Morgan fingerprint density at radius 2 is 2.15 bits per heavy atom. The molecule has 1 aromatic heterocycles. The highest BCUT2D eigenvalue weighted by atomic mass is 35.5. The fraction of sp³-hybridized carbons (Fsp3) is 0.429. The van der Waals surface area contributed by atoms with E-state index in [9.17, 15) is 8.78 Å². The number of halogens is 3. The molecule has 0 saturated carbocycles. The molecule has 2 N–H and O–H groups in total. The molecule has 0 aliphatic heterocycles. The lowest BCUT2D eigenvalue weighted by atomic mass is 10.1. The van der Waals surface area contributed by atoms with Crippen molar-refractivity contribution in [3.05, 3.63) is 23.8 Å². The second-order valence-corrected chi connectivity index (χ2v) is 2.49. The molecule has 0 radical (unpaired) electrons. The molecule has 0 saturated heterocycles. The fourth-order valence-corrected chi connectivity index (χ4v) is 0.903. The van der Waals surface area contributed by atoms with Gasteiger partial charge in [0.05, 0.1) is 0 Å². The Morgan fingerprint density at radius 3 is 2.54 bits per heavy atom. The van der Waals surface area contributed by atoms with E-state index in [1.165, 1.54) is 6.20 Å².